The van der Waals surface area contributed by atoms with Crippen molar-refractivity contribution in [1.82, 2.24) is 5.32 Å². The van der Waals surface area contributed by atoms with Gasteiger partial charge in [0.05, 0.1) is 18.4 Å². The van der Waals surface area contributed by atoms with Gasteiger partial charge in [-0.15, -0.1) is 0 Å². The van der Waals surface area contributed by atoms with Crippen molar-refractivity contribution in [3.63, 3.8) is 0 Å². The molecular formula is C19H21BrN2O5S. The van der Waals surface area contributed by atoms with E-state index in [0.29, 0.717) is 21.5 Å². The Morgan fingerprint density at radius 3 is 2.32 bits per heavy atom. The molecule has 0 aliphatic rings. The Kier molecular flexibility index (Phi) is 7.59. The summed E-state index contributed by atoms with van der Waals surface area (Å²) >= 11 is 3.29. The van der Waals surface area contributed by atoms with Crippen LogP contribution in [0.2, 0.25) is 0 Å². The predicted octanol–water partition coefficient (Wildman–Crippen LogP) is 2.63. The molecule has 0 radical (unpaired) electrons. The molecule has 28 heavy (non-hydrogen) atoms. The molecule has 0 fully saturated rings. The fourth-order valence-electron chi connectivity index (χ4n) is 2.39. The topological polar surface area (TPSA) is 102 Å². The van der Waals surface area contributed by atoms with Crippen molar-refractivity contribution in [2.45, 2.75) is 12.5 Å². The molecule has 2 N–H and O–H groups in total. The summed E-state index contributed by atoms with van der Waals surface area (Å²) in [5, 5.41) is 5.30. The first kappa shape index (κ1) is 21.9. The minimum absolute atomic E-state index is 0.0446. The first-order valence-electron chi connectivity index (χ1n) is 8.37. The van der Waals surface area contributed by atoms with Gasteiger partial charge in [-0.05, 0) is 58.7 Å². The summed E-state index contributed by atoms with van der Waals surface area (Å²) in [5.74, 6) is -0.580. The predicted molar refractivity (Wildman–Crippen MR) is 111 cm³/mol. The van der Waals surface area contributed by atoms with E-state index in [1.54, 1.807) is 48.5 Å². The highest BCUT2D eigenvalue weighted by Crippen LogP contribution is 2.17. The molecule has 7 nitrogen and oxygen atoms in total. The lowest BCUT2D eigenvalue weighted by atomic mass is 10.1. The lowest BCUT2D eigenvalue weighted by molar-refractivity contribution is -0.118. The number of carbonyl (C=O) groups excluding carboxylic acids is 2. The van der Waals surface area contributed by atoms with Gasteiger partial charge in [0.2, 0.25) is 5.91 Å². The summed E-state index contributed by atoms with van der Waals surface area (Å²) in [4.78, 5) is 25.2. The Hall–Kier alpha value is -2.39. The molecule has 0 aliphatic carbocycles. The molecule has 0 aliphatic heterocycles. The second-order valence-electron chi connectivity index (χ2n) is 6.14. The molecule has 0 spiro atoms. The molecule has 0 bridgehead atoms. The minimum atomic E-state index is -3.30. The van der Waals surface area contributed by atoms with Crippen molar-refractivity contribution in [1.29, 1.82) is 0 Å². The highest BCUT2D eigenvalue weighted by Gasteiger charge is 2.24. The zero-order valence-corrected chi connectivity index (χ0v) is 17.8. The number of sulfone groups is 1. The fourth-order valence-corrected chi connectivity index (χ4v) is 3.51. The molecule has 0 aromatic heterocycles. The monoisotopic (exact) mass is 468 g/mol. The van der Waals surface area contributed by atoms with Crippen LogP contribution in [-0.2, 0) is 14.6 Å². The van der Waals surface area contributed by atoms with Crippen LogP contribution < -0.4 is 15.4 Å². The standard InChI is InChI=1S/C19H21BrN2O5S/c1-27-14-9-7-13(8-10-14)21-19(24)17(11-12-28(2,25)26)22-18(23)15-5-3-4-6-16(15)20/h3-10,17H,11-12H2,1-2H3,(H,21,24)(H,22,23). The van der Waals surface area contributed by atoms with Crippen molar-refractivity contribution < 1.29 is 22.7 Å². The van der Waals surface area contributed by atoms with Crippen LogP contribution in [0.25, 0.3) is 0 Å². The van der Waals surface area contributed by atoms with E-state index >= 15 is 0 Å². The van der Waals surface area contributed by atoms with Gasteiger partial charge in [-0.3, -0.25) is 9.59 Å². The first-order valence-corrected chi connectivity index (χ1v) is 11.2. The van der Waals surface area contributed by atoms with Crippen LogP contribution in [0.1, 0.15) is 16.8 Å². The van der Waals surface area contributed by atoms with Gasteiger partial charge in [-0.1, -0.05) is 12.1 Å². The van der Waals surface area contributed by atoms with E-state index in [-0.39, 0.29) is 12.2 Å². The Bertz CT molecular complexity index is 945. The number of nitrogens with one attached hydrogen (secondary N) is 2. The number of carbonyl (C=O) groups is 2. The average molecular weight is 469 g/mol. The second-order valence-corrected chi connectivity index (χ2v) is 9.26. The highest BCUT2D eigenvalue weighted by molar-refractivity contribution is 9.10. The van der Waals surface area contributed by atoms with Crippen molar-refractivity contribution >= 4 is 43.3 Å². The van der Waals surface area contributed by atoms with Crippen molar-refractivity contribution in [2.75, 3.05) is 24.4 Å². The van der Waals surface area contributed by atoms with E-state index in [1.165, 1.54) is 7.11 Å². The van der Waals surface area contributed by atoms with Gasteiger partial charge in [-0.2, -0.15) is 0 Å². The largest absolute Gasteiger partial charge is 0.497 e. The number of halogens is 1. The Morgan fingerprint density at radius 1 is 1.11 bits per heavy atom. The van der Waals surface area contributed by atoms with E-state index in [4.69, 9.17) is 4.74 Å². The number of hydrogen-bond donors (Lipinski definition) is 2. The molecular weight excluding hydrogens is 448 g/mol. The van der Waals surface area contributed by atoms with Gasteiger partial charge < -0.3 is 15.4 Å². The van der Waals surface area contributed by atoms with Crippen LogP contribution in [0.15, 0.2) is 53.0 Å². The molecule has 0 saturated heterocycles. The second kappa shape index (κ2) is 9.70. The smallest absolute Gasteiger partial charge is 0.253 e. The molecule has 1 unspecified atom stereocenters. The first-order chi connectivity index (χ1) is 13.2. The van der Waals surface area contributed by atoms with Crippen molar-refractivity contribution in [3.05, 3.63) is 58.6 Å². The van der Waals surface area contributed by atoms with E-state index in [9.17, 15) is 18.0 Å². The van der Waals surface area contributed by atoms with Gasteiger partial charge in [0, 0.05) is 16.4 Å². The van der Waals surface area contributed by atoms with Gasteiger partial charge in [-0.25, -0.2) is 8.42 Å². The maximum atomic E-state index is 12.7. The van der Waals surface area contributed by atoms with E-state index < -0.39 is 27.7 Å². The van der Waals surface area contributed by atoms with Gasteiger partial charge >= 0.3 is 0 Å². The molecule has 2 amide bonds. The Morgan fingerprint density at radius 2 is 1.75 bits per heavy atom. The summed E-state index contributed by atoms with van der Waals surface area (Å²) in [5.41, 5.74) is 0.856. The molecule has 0 saturated carbocycles. The van der Waals surface area contributed by atoms with Gasteiger partial charge in [0.15, 0.2) is 0 Å². The number of amides is 2. The number of benzene rings is 2. The number of methoxy groups -OCH3 is 1. The van der Waals surface area contributed by atoms with Crippen LogP contribution in [0.4, 0.5) is 5.69 Å². The minimum Gasteiger partial charge on any atom is -0.497 e. The van der Waals surface area contributed by atoms with Crippen LogP contribution in [0, 0.1) is 0 Å². The van der Waals surface area contributed by atoms with E-state index in [0.717, 1.165) is 6.26 Å². The molecule has 2 aromatic carbocycles. The molecule has 1 atom stereocenters. The SMILES string of the molecule is COc1ccc(NC(=O)C(CCS(C)(=O)=O)NC(=O)c2ccccc2Br)cc1. The van der Waals surface area contributed by atoms with E-state index in [1.807, 2.05) is 0 Å². The summed E-state index contributed by atoms with van der Waals surface area (Å²) in [6, 6.07) is 12.4. The van der Waals surface area contributed by atoms with Crippen molar-refractivity contribution in [3.8, 4) is 5.75 Å². The molecule has 2 aromatic rings. The third-order valence-electron chi connectivity index (χ3n) is 3.88. The quantitative estimate of drug-likeness (QED) is 0.619. The zero-order valence-electron chi connectivity index (χ0n) is 15.4. The number of hydrogen-bond acceptors (Lipinski definition) is 5. The van der Waals surface area contributed by atoms with Crippen LogP contribution >= 0.6 is 15.9 Å². The lowest BCUT2D eigenvalue weighted by Crippen LogP contribution is -2.44. The third kappa shape index (κ3) is 6.65. The number of anilines is 1. The van der Waals surface area contributed by atoms with Gasteiger partial charge in [0.25, 0.3) is 5.91 Å². The summed E-state index contributed by atoms with van der Waals surface area (Å²) in [7, 11) is -1.77. The Labute approximate surface area is 172 Å². The van der Waals surface area contributed by atoms with Crippen LogP contribution in [0.3, 0.4) is 0 Å². The third-order valence-corrected chi connectivity index (χ3v) is 5.54. The van der Waals surface area contributed by atoms with E-state index in [2.05, 4.69) is 26.6 Å². The van der Waals surface area contributed by atoms with Crippen LogP contribution in [-0.4, -0.2) is 45.4 Å². The fraction of sp³-hybridized carbons (Fsp3) is 0.263. The number of ether oxygens (including phenoxy) is 1. The summed E-state index contributed by atoms with van der Waals surface area (Å²) < 4.78 is 28.7. The Balaban J connectivity index is 2.16. The zero-order chi connectivity index (χ0) is 20.7. The maximum Gasteiger partial charge on any atom is 0.253 e. The molecule has 150 valence electrons. The number of rotatable bonds is 8. The molecule has 9 heteroatoms. The average Bonchev–Trinajstić information content (AvgIpc) is 2.65. The maximum absolute atomic E-state index is 12.7. The lowest BCUT2D eigenvalue weighted by Gasteiger charge is -2.19. The summed E-state index contributed by atoms with van der Waals surface area (Å²) in [6.07, 6.45) is 1.04. The van der Waals surface area contributed by atoms with Gasteiger partial charge in [0.1, 0.15) is 21.6 Å². The summed E-state index contributed by atoms with van der Waals surface area (Å²) in [6.45, 7) is 0. The molecule has 2 rings (SSSR count). The normalized spacial score (nSPS) is 12.1. The van der Waals surface area contributed by atoms with Crippen molar-refractivity contribution in [2.24, 2.45) is 0 Å². The van der Waals surface area contributed by atoms with Crippen LogP contribution in [0.5, 0.6) is 5.75 Å². The molecule has 0 heterocycles. The highest BCUT2D eigenvalue weighted by atomic mass is 79.9.